The molecule has 1 aliphatic heterocycles. The van der Waals surface area contributed by atoms with Gasteiger partial charge in [0.1, 0.15) is 17.1 Å². The summed E-state index contributed by atoms with van der Waals surface area (Å²) in [6.07, 6.45) is 0. The van der Waals surface area contributed by atoms with Crippen molar-refractivity contribution >= 4 is 17.7 Å². The molecule has 0 fully saturated rings. The summed E-state index contributed by atoms with van der Waals surface area (Å²) in [5.74, 6) is -1.54. The molecule has 0 radical (unpaired) electrons. The third-order valence-electron chi connectivity index (χ3n) is 5.89. The molecule has 0 unspecified atom stereocenters. The van der Waals surface area contributed by atoms with E-state index in [0.29, 0.717) is 6.54 Å². The number of nitrogens with one attached hydrogen (secondary N) is 2. The minimum Gasteiger partial charge on any atom is -0.350 e. The fraction of sp³-hybridized carbons (Fsp3) is 0.250. The standard InChI is InChI=1S/C24H24FN5O3/c1-24(23(33)27-14-16-6-4-3-5-7-16)15-30-20(22(32)29(24)2)12-19(28-30)21(31)26-13-17-8-10-18(25)11-9-17/h3-12H,13-15H2,1-2H3,(H,26,31)(H,27,33)/t24-/m1/s1. The summed E-state index contributed by atoms with van der Waals surface area (Å²) in [6.45, 7) is 2.30. The average Bonchev–Trinajstić information content (AvgIpc) is 3.25. The second kappa shape index (κ2) is 8.85. The average molecular weight is 449 g/mol. The number of nitrogens with zero attached hydrogens (tertiary/aromatic N) is 3. The van der Waals surface area contributed by atoms with Gasteiger partial charge < -0.3 is 15.5 Å². The molecule has 0 saturated heterocycles. The molecule has 2 N–H and O–H groups in total. The second-order valence-electron chi connectivity index (χ2n) is 8.19. The first-order valence-corrected chi connectivity index (χ1v) is 10.5. The number of fused-ring (bicyclic) bond motifs is 1. The molecule has 2 aromatic carbocycles. The summed E-state index contributed by atoms with van der Waals surface area (Å²) in [7, 11) is 1.56. The quantitative estimate of drug-likeness (QED) is 0.603. The van der Waals surface area contributed by atoms with Crippen LogP contribution in [0.4, 0.5) is 4.39 Å². The summed E-state index contributed by atoms with van der Waals surface area (Å²) in [4.78, 5) is 40.0. The van der Waals surface area contributed by atoms with Gasteiger partial charge in [-0.05, 0) is 30.2 Å². The molecule has 3 aromatic rings. The van der Waals surface area contributed by atoms with E-state index in [-0.39, 0.29) is 36.2 Å². The number of carbonyl (C=O) groups is 3. The number of hydrogen-bond acceptors (Lipinski definition) is 4. The van der Waals surface area contributed by atoms with Crippen LogP contribution in [0.5, 0.6) is 0 Å². The molecule has 1 atom stereocenters. The third-order valence-corrected chi connectivity index (χ3v) is 5.89. The molecular weight excluding hydrogens is 425 g/mol. The van der Waals surface area contributed by atoms with Crippen LogP contribution in [0.25, 0.3) is 0 Å². The largest absolute Gasteiger partial charge is 0.350 e. The SMILES string of the molecule is CN1C(=O)c2cc(C(=O)NCc3ccc(F)cc3)nn2C[C@]1(C)C(=O)NCc1ccccc1. The van der Waals surface area contributed by atoms with Crippen LogP contribution in [0.1, 0.15) is 39.0 Å². The van der Waals surface area contributed by atoms with Crippen LogP contribution >= 0.6 is 0 Å². The van der Waals surface area contributed by atoms with E-state index in [9.17, 15) is 18.8 Å². The lowest BCUT2D eigenvalue weighted by atomic mass is 9.96. The van der Waals surface area contributed by atoms with E-state index in [1.807, 2.05) is 30.3 Å². The summed E-state index contributed by atoms with van der Waals surface area (Å²) < 4.78 is 14.4. The molecule has 1 aromatic heterocycles. The highest BCUT2D eigenvalue weighted by Crippen LogP contribution is 2.26. The predicted octanol–water partition coefficient (Wildman–Crippen LogP) is 2.11. The molecule has 2 heterocycles. The normalized spacial score (nSPS) is 17.4. The first kappa shape index (κ1) is 22.2. The molecule has 170 valence electrons. The smallest absolute Gasteiger partial charge is 0.272 e. The van der Waals surface area contributed by atoms with E-state index < -0.39 is 17.4 Å². The van der Waals surface area contributed by atoms with Crippen LogP contribution in [0.3, 0.4) is 0 Å². The number of benzene rings is 2. The molecule has 0 bridgehead atoms. The molecule has 9 heteroatoms. The topological polar surface area (TPSA) is 96.3 Å². The van der Waals surface area contributed by atoms with Crippen LogP contribution in [0, 0.1) is 5.82 Å². The Bertz CT molecular complexity index is 1190. The Balaban J connectivity index is 1.47. The summed E-state index contributed by atoms with van der Waals surface area (Å²) >= 11 is 0. The minimum absolute atomic E-state index is 0.0720. The molecule has 3 amide bonds. The van der Waals surface area contributed by atoms with E-state index in [2.05, 4.69) is 15.7 Å². The van der Waals surface area contributed by atoms with Gasteiger partial charge in [-0.25, -0.2) is 4.39 Å². The lowest BCUT2D eigenvalue weighted by Crippen LogP contribution is -2.62. The van der Waals surface area contributed by atoms with Gasteiger partial charge in [-0.3, -0.25) is 19.1 Å². The first-order valence-electron chi connectivity index (χ1n) is 10.5. The van der Waals surface area contributed by atoms with Crippen molar-refractivity contribution in [1.29, 1.82) is 0 Å². The Labute approximate surface area is 190 Å². The van der Waals surface area contributed by atoms with Crippen LogP contribution in [0.15, 0.2) is 60.7 Å². The highest BCUT2D eigenvalue weighted by atomic mass is 19.1. The number of carbonyl (C=O) groups excluding carboxylic acids is 3. The summed E-state index contributed by atoms with van der Waals surface area (Å²) in [5, 5.41) is 9.87. The fourth-order valence-corrected chi connectivity index (χ4v) is 3.68. The molecule has 0 saturated carbocycles. The molecule has 0 spiro atoms. The number of likely N-dealkylation sites (N-methyl/N-ethyl adjacent to an activating group) is 1. The molecule has 4 rings (SSSR count). The van der Waals surface area contributed by atoms with Gasteiger partial charge in [0, 0.05) is 26.2 Å². The summed E-state index contributed by atoms with van der Waals surface area (Å²) in [5.41, 5.74) is 0.805. The highest BCUT2D eigenvalue weighted by Gasteiger charge is 2.46. The van der Waals surface area contributed by atoms with Gasteiger partial charge in [0.25, 0.3) is 11.8 Å². The second-order valence-corrected chi connectivity index (χ2v) is 8.19. The van der Waals surface area contributed by atoms with E-state index in [4.69, 9.17) is 0 Å². The highest BCUT2D eigenvalue weighted by molar-refractivity contribution is 6.01. The van der Waals surface area contributed by atoms with Crippen molar-refractivity contribution in [2.45, 2.75) is 32.1 Å². The monoisotopic (exact) mass is 449 g/mol. The van der Waals surface area contributed by atoms with Crippen molar-refractivity contribution in [3.05, 3.63) is 89.0 Å². The molecule has 8 nitrogen and oxygen atoms in total. The van der Waals surface area contributed by atoms with Gasteiger partial charge in [-0.1, -0.05) is 42.5 Å². The van der Waals surface area contributed by atoms with Gasteiger partial charge in [0.15, 0.2) is 5.69 Å². The zero-order valence-electron chi connectivity index (χ0n) is 18.3. The van der Waals surface area contributed by atoms with Gasteiger partial charge in [-0.2, -0.15) is 5.10 Å². The number of halogens is 1. The van der Waals surface area contributed by atoms with Crippen molar-refractivity contribution in [2.75, 3.05) is 7.05 Å². The van der Waals surface area contributed by atoms with Crippen molar-refractivity contribution in [2.24, 2.45) is 0 Å². The number of aromatic nitrogens is 2. The lowest BCUT2D eigenvalue weighted by molar-refractivity contribution is -0.132. The van der Waals surface area contributed by atoms with Crippen LogP contribution in [0.2, 0.25) is 0 Å². The Hall–Kier alpha value is -4.01. The van der Waals surface area contributed by atoms with Crippen LogP contribution in [-0.4, -0.2) is 45.0 Å². The zero-order chi connectivity index (χ0) is 23.6. The van der Waals surface area contributed by atoms with Crippen molar-refractivity contribution < 1.29 is 18.8 Å². The zero-order valence-corrected chi connectivity index (χ0v) is 18.3. The van der Waals surface area contributed by atoms with Gasteiger partial charge in [0.05, 0.1) is 6.54 Å². The Morgan fingerprint density at radius 1 is 1.03 bits per heavy atom. The number of amides is 3. The summed E-state index contributed by atoms with van der Waals surface area (Å²) in [6, 6.07) is 16.7. The minimum atomic E-state index is -1.17. The van der Waals surface area contributed by atoms with Crippen LogP contribution in [-0.2, 0) is 24.4 Å². The van der Waals surface area contributed by atoms with E-state index >= 15 is 0 Å². The molecular formula is C24H24FN5O3. The van der Waals surface area contributed by atoms with Gasteiger partial charge in [0.2, 0.25) is 5.91 Å². The van der Waals surface area contributed by atoms with Gasteiger partial charge >= 0.3 is 0 Å². The Morgan fingerprint density at radius 2 is 1.67 bits per heavy atom. The van der Waals surface area contributed by atoms with Crippen molar-refractivity contribution in [1.82, 2.24) is 25.3 Å². The Morgan fingerprint density at radius 3 is 2.36 bits per heavy atom. The van der Waals surface area contributed by atoms with Crippen molar-refractivity contribution in [3.8, 4) is 0 Å². The maximum absolute atomic E-state index is 13.0. The lowest BCUT2D eigenvalue weighted by Gasteiger charge is -2.40. The van der Waals surface area contributed by atoms with E-state index in [1.165, 1.54) is 27.8 Å². The maximum atomic E-state index is 13.0. The third kappa shape index (κ3) is 4.48. The molecule has 33 heavy (non-hydrogen) atoms. The fourth-order valence-electron chi connectivity index (χ4n) is 3.68. The number of hydrogen-bond donors (Lipinski definition) is 2. The van der Waals surface area contributed by atoms with E-state index in [1.54, 1.807) is 26.1 Å². The number of rotatable bonds is 6. The maximum Gasteiger partial charge on any atom is 0.272 e. The van der Waals surface area contributed by atoms with Crippen molar-refractivity contribution in [3.63, 3.8) is 0 Å². The molecule has 1 aliphatic rings. The molecule has 0 aliphatic carbocycles. The predicted molar refractivity (Wildman–Crippen MR) is 119 cm³/mol. The van der Waals surface area contributed by atoms with Crippen LogP contribution < -0.4 is 10.6 Å². The Kier molecular flexibility index (Phi) is 5.95. The van der Waals surface area contributed by atoms with E-state index in [0.717, 1.165) is 11.1 Å². The van der Waals surface area contributed by atoms with Gasteiger partial charge in [-0.15, -0.1) is 0 Å². The first-order chi connectivity index (χ1) is 15.8.